The van der Waals surface area contributed by atoms with Gasteiger partial charge in [-0.2, -0.15) is 5.10 Å². The van der Waals surface area contributed by atoms with Crippen molar-refractivity contribution in [2.24, 2.45) is 13.0 Å². The van der Waals surface area contributed by atoms with Crippen molar-refractivity contribution < 1.29 is 4.79 Å². The molecule has 1 aromatic heterocycles. The molecule has 4 rings (SSSR count). The van der Waals surface area contributed by atoms with E-state index in [2.05, 4.69) is 27.9 Å². The number of amides is 1. The van der Waals surface area contributed by atoms with Gasteiger partial charge in [0.15, 0.2) is 0 Å². The van der Waals surface area contributed by atoms with Crippen LogP contribution in [-0.4, -0.2) is 35.3 Å². The van der Waals surface area contributed by atoms with Crippen LogP contribution in [-0.2, 0) is 17.3 Å². The van der Waals surface area contributed by atoms with Gasteiger partial charge in [-0.05, 0) is 36.1 Å². The fourth-order valence-corrected chi connectivity index (χ4v) is 4.95. The highest BCUT2D eigenvalue weighted by Gasteiger charge is 2.39. The summed E-state index contributed by atoms with van der Waals surface area (Å²) in [5, 5.41) is 11.7. The molecule has 1 aliphatic carbocycles. The predicted octanol–water partition coefficient (Wildman–Crippen LogP) is 3.43. The molecular weight excluding hydrogens is 395 g/mol. The van der Waals surface area contributed by atoms with Gasteiger partial charge < -0.3 is 10.6 Å². The first-order chi connectivity index (χ1) is 13.1. The van der Waals surface area contributed by atoms with Crippen LogP contribution >= 0.6 is 24.0 Å². The maximum Gasteiger partial charge on any atom is 0.225 e. The van der Waals surface area contributed by atoms with E-state index in [0.717, 1.165) is 36.5 Å². The van der Waals surface area contributed by atoms with Crippen LogP contribution in [0.1, 0.15) is 42.7 Å². The van der Waals surface area contributed by atoms with E-state index < -0.39 is 0 Å². The van der Waals surface area contributed by atoms with Crippen molar-refractivity contribution in [3.8, 4) is 0 Å². The van der Waals surface area contributed by atoms with Crippen LogP contribution in [0.25, 0.3) is 0 Å². The molecule has 2 fully saturated rings. The van der Waals surface area contributed by atoms with Gasteiger partial charge in [0.25, 0.3) is 0 Å². The topological polar surface area (TPSA) is 59.0 Å². The summed E-state index contributed by atoms with van der Waals surface area (Å²) in [6.07, 6.45) is 8.49. The van der Waals surface area contributed by atoms with Crippen LogP contribution in [0.4, 0.5) is 0 Å². The van der Waals surface area contributed by atoms with Gasteiger partial charge in [0.2, 0.25) is 5.91 Å². The number of benzene rings is 1. The summed E-state index contributed by atoms with van der Waals surface area (Å²) in [4.78, 5) is 13.0. The lowest BCUT2D eigenvalue weighted by molar-refractivity contribution is -0.125. The summed E-state index contributed by atoms with van der Waals surface area (Å²) >= 11 is 6.24. The van der Waals surface area contributed by atoms with Crippen molar-refractivity contribution in [1.82, 2.24) is 20.4 Å². The van der Waals surface area contributed by atoms with E-state index >= 15 is 0 Å². The molecule has 2 N–H and O–H groups in total. The van der Waals surface area contributed by atoms with Crippen LogP contribution in [0.2, 0.25) is 5.02 Å². The Bertz CT molecular complexity index is 816. The molecule has 1 saturated heterocycles. The monoisotopic (exact) mass is 422 g/mol. The minimum Gasteiger partial charge on any atom is -0.355 e. The van der Waals surface area contributed by atoms with Gasteiger partial charge in [-0.3, -0.25) is 9.48 Å². The standard InChI is InChI=1S/C21H27ClN4O.ClH/c1-26-13-15(10-25-26)18-11-23-12-19(18)20(27)24-14-21(7-2-3-8-21)16-5-4-6-17(22)9-16;/h4-6,9-10,13,18-19,23H,2-3,7-8,11-12,14H2,1H3,(H,24,27);1H/t18-,19+;/m1./s1. The number of halogens is 2. The Balaban J connectivity index is 0.00000225. The van der Waals surface area contributed by atoms with Gasteiger partial charge in [0, 0.05) is 49.2 Å². The van der Waals surface area contributed by atoms with Gasteiger partial charge in [0.05, 0.1) is 12.1 Å². The zero-order valence-electron chi connectivity index (χ0n) is 16.2. The Kier molecular flexibility index (Phi) is 6.69. The maximum absolute atomic E-state index is 13.0. The number of rotatable bonds is 5. The number of hydrogen-bond donors (Lipinski definition) is 2. The summed E-state index contributed by atoms with van der Waals surface area (Å²) < 4.78 is 1.80. The number of aromatic nitrogens is 2. The van der Waals surface area contributed by atoms with Gasteiger partial charge in [-0.15, -0.1) is 12.4 Å². The molecule has 5 nitrogen and oxygen atoms in total. The lowest BCUT2D eigenvalue weighted by Gasteiger charge is -2.31. The number of carbonyl (C=O) groups excluding carboxylic acids is 1. The van der Waals surface area contributed by atoms with E-state index in [4.69, 9.17) is 11.6 Å². The Hall–Kier alpha value is -1.56. The number of nitrogens with zero attached hydrogens (tertiary/aromatic N) is 2. The smallest absolute Gasteiger partial charge is 0.225 e. The molecule has 2 atom stereocenters. The molecule has 0 unspecified atom stereocenters. The van der Waals surface area contributed by atoms with Crippen molar-refractivity contribution in [2.75, 3.05) is 19.6 Å². The Morgan fingerprint density at radius 1 is 1.36 bits per heavy atom. The average Bonchev–Trinajstić information content (AvgIpc) is 3.40. The van der Waals surface area contributed by atoms with E-state index in [1.165, 1.54) is 18.4 Å². The summed E-state index contributed by atoms with van der Waals surface area (Å²) in [7, 11) is 1.91. The highest BCUT2D eigenvalue weighted by Crippen LogP contribution is 2.41. The third-order valence-corrected chi connectivity index (χ3v) is 6.54. The molecule has 1 aromatic carbocycles. The number of hydrogen-bond acceptors (Lipinski definition) is 3. The van der Waals surface area contributed by atoms with Crippen molar-refractivity contribution >= 4 is 29.9 Å². The fraction of sp³-hybridized carbons (Fsp3) is 0.524. The molecule has 28 heavy (non-hydrogen) atoms. The summed E-state index contributed by atoms with van der Waals surface area (Å²) in [5.41, 5.74) is 2.39. The second-order valence-corrected chi connectivity index (χ2v) is 8.47. The molecule has 1 amide bonds. The van der Waals surface area contributed by atoms with E-state index in [9.17, 15) is 4.79 Å². The second kappa shape index (κ2) is 8.85. The van der Waals surface area contributed by atoms with Gasteiger partial charge in [-0.1, -0.05) is 36.6 Å². The Labute approximate surface area is 177 Å². The largest absolute Gasteiger partial charge is 0.355 e. The number of aryl methyl sites for hydroxylation is 1. The van der Waals surface area contributed by atoms with Crippen LogP contribution in [0.3, 0.4) is 0 Å². The third kappa shape index (κ3) is 4.22. The number of nitrogens with one attached hydrogen (secondary N) is 2. The zero-order chi connectivity index (χ0) is 18.9. The first kappa shape index (κ1) is 21.2. The average molecular weight is 423 g/mol. The molecular formula is C21H28Cl2N4O. The molecule has 1 saturated carbocycles. The third-order valence-electron chi connectivity index (χ3n) is 6.30. The highest BCUT2D eigenvalue weighted by molar-refractivity contribution is 6.30. The summed E-state index contributed by atoms with van der Waals surface area (Å²) in [6, 6.07) is 8.14. The first-order valence-corrected chi connectivity index (χ1v) is 10.2. The van der Waals surface area contributed by atoms with Crippen LogP contribution in [0.15, 0.2) is 36.7 Å². The van der Waals surface area contributed by atoms with Gasteiger partial charge >= 0.3 is 0 Å². The summed E-state index contributed by atoms with van der Waals surface area (Å²) in [6.45, 7) is 2.22. The molecule has 2 aliphatic rings. The molecule has 2 heterocycles. The molecule has 152 valence electrons. The minimum atomic E-state index is -0.0491. The molecule has 0 radical (unpaired) electrons. The first-order valence-electron chi connectivity index (χ1n) is 9.80. The lowest BCUT2D eigenvalue weighted by Crippen LogP contribution is -2.42. The molecule has 0 spiro atoms. The van der Waals surface area contributed by atoms with Crippen LogP contribution in [0.5, 0.6) is 0 Å². The van der Waals surface area contributed by atoms with E-state index in [0.29, 0.717) is 6.54 Å². The van der Waals surface area contributed by atoms with Crippen molar-refractivity contribution in [2.45, 2.75) is 37.0 Å². The van der Waals surface area contributed by atoms with Gasteiger partial charge in [0.1, 0.15) is 0 Å². The normalized spacial score (nSPS) is 23.4. The number of carbonyl (C=O) groups is 1. The fourth-order valence-electron chi connectivity index (χ4n) is 4.76. The molecule has 0 bridgehead atoms. The minimum absolute atomic E-state index is 0. The van der Waals surface area contributed by atoms with Gasteiger partial charge in [-0.25, -0.2) is 0 Å². The second-order valence-electron chi connectivity index (χ2n) is 8.03. The van der Waals surface area contributed by atoms with Crippen LogP contribution < -0.4 is 10.6 Å². The van der Waals surface area contributed by atoms with Crippen molar-refractivity contribution in [3.05, 3.63) is 52.8 Å². The van der Waals surface area contributed by atoms with E-state index in [1.54, 1.807) is 4.68 Å². The van der Waals surface area contributed by atoms with E-state index in [-0.39, 0.29) is 35.6 Å². The summed E-state index contributed by atoms with van der Waals surface area (Å²) in [5.74, 6) is 0.276. The predicted molar refractivity (Wildman–Crippen MR) is 114 cm³/mol. The van der Waals surface area contributed by atoms with E-state index in [1.807, 2.05) is 31.6 Å². The highest BCUT2D eigenvalue weighted by atomic mass is 35.5. The zero-order valence-corrected chi connectivity index (χ0v) is 17.7. The Morgan fingerprint density at radius 3 is 2.82 bits per heavy atom. The van der Waals surface area contributed by atoms with Crippen molar-refractivity contribution in [1.29, 1.82) is 0 Å². The SMILES string of the molecule is Cl.Cn1cc([C@H]2CNC[C@@H]2C(=O)NCC2(c3cccc(Cl)c3)CCCC2)cn1. The van der Waals surface area contributed by atoms with Crippen LogP contribution in [0, 0.1) is 5.92 Å². The maximum atomic E-state index is 13.0. The molecule has 1 aliphatic heterocycles. The Morgan fingerprint density at radius 2 is 2.14 bits per heavy atom. The molecule has 7 heteroatoms. The lowest BCUT2D eigenvalue weighted by atomic mass is 9.78. The van der Waals surface area contributed by atoms with Crippen molar-refractivity contribution in [3.63, 3.8) is 0 Å². The quantitative estimate of drug-likeness (QED) is 0.775. The molecule has 2 aromatic rings.